The summed E-state index contributed by atoms with van der Waals surface area (Å²) in [6, 6.07) is 32.2. The molecule has 0 spiro atoms. The van der Waals surface area contributed by atoms with Crippen LogP contribution in [0.2, 0.25) is 0 Å². The molecule has 0 N–H and O–H groups in total. The summed E-state index contributed by atoms with van der Waals surface area (Å²) in [5, 5.41) is 0. The third-order valence-electron chi connectivity index (χ3n) is 7.53. The van der Waals surface area contributed by atoms with E-state index in [2.05, 4.69) is 116 Å². The number of anilines is 1. The summed E-state index contributed by atoms with van der Waals surface area (Å²) in [5.41, 5.74) is 5.84. The topological polar surface area (TPSA) is 6.48 Å². The average molecular weight is 455 g/mol. The summed E-state index contributed by atoms with van der Waals surface area (Å²) in [5.74, 6) is 0.728. The largest absolute Gasteiger partial charge is 0.368 e. The fourth-order valence-corrected chi connectivity index (χ4v) is 5.61. The van der Waals surface area contributed by atoms with E-state index >= 15 is 0 Å². The van der Waals surface area contributed by atoms with Gasteiger partial charge in [0.05, 0.1) is 0 Å². The Balaban J connectivity index is 1.47. The summed E-state index contributed by atoms with van der Waals surface area (Å²) in [4.78, 5) is 5.41. The first-order chi connectivity index (χ1) is 16.6. The standard InChI is InChI=1S/C32H42N2/c1-4-13-26(2)24-33(25-28-14-7-5-8-15-28)27(3)20-21-34(31-18-9-6-10-19-31)32-22-29-16-11-12-17-30(29)23-32/h5-12,14-19,26-27,32H,4,13,20-25H2,1-3H3. The van der Waals surface area contributed by atoms with Gasteiger partial charge in [0.1, 0.15) is 0 Å². The molecule has 0 saturated heterocycles. The van der Waals surface area contributed by atoms with Crippen LogP contribution >= 0.6 is 0 Å². The van der Waals surface area contributed by atoms with Gasteiger partial charge in [-0.15, -0.1) is 0 Å². The van der Waals surface area contributed by atoms with Gasteiger partial charge in [-0.3, -0.25) is 4.90 Å². The lowest BCUT2D eigenvalue weighted by molar-refractivity contribution is 0.162. The molecule has 2 nitrogen and oxygen atoms in total. The molecule has 0 aromatic heterocycles. The van der Waals surface area contributed by atoms with E-state index < -0.39 is 0 Å². The van der Waals surface area contributed by atoms with Crippen LogP contribution < -0.4 is 4.90 Å². The fourth-order valence-electron chi connectivity index (χ4n) is 5.61. The van der Waals surface area contributed by atoms with Gasteiger partial charge < -0.3 is 4.90 Å². The number of nitrogens with zero attached hydrogens (tertiary/aromatic N) is 2. The van der Waals surface area contributed by atoms with E-state index in [-0.39, 0.29) is 0 Å². The van der Waals surface area contributed by atoms with Crippen LogP contribution in [0.4, 0.5) is 5.69 Å². The van der Waals surface area contributed by atoms with Crippen LogP contribution in [0.1, 0.15) is 56.7 Å². The molecular weight excluding hydrogens is 412 g/mol. The predicted molar refractivity (Wildman–Crippen MR) is 146 cm³/mol. The molecule has 1 aliphatic carbocycles. The maximum absolute atomic E-state index is 2.72. The lowest BCUT2D eigenvalue weighted by Crippen LogP contribution is -2.42. The molecule has 0 heterocycles. The molecule has 0 fully saturated rings. The number of benzene rings is 3. The average Bonchev–Trinajstić information content (AvgIpc) is 3.29. The second-order valence-electron chi connectivity index (χ2n) is 10.3. The van der Waals surface area contributed by atoms with Crippen LogP contribution in [0.3, 0.4) is 0 Å². The first-order valence-corrected chi connectivity index (χ1v) is 13.3. The van der Waals surface area contributed by atoms with E-state index in [1.807, 2.05) is 0 Å². The van der Waals surface area contributed by atoms with E-state index in [1.54, 1.807) is 0 Å². The molecule has 0 aliphatic heterocycles. The molecule has 2 unspecified atom stereocenters. The van der Waals surface area contributed by atoms with Gasteiger partial charge in [-0.05, 0) is 67.3 Å². The van der Waals surface area contributed by atoms with Crippen molar-refractivity contribution in [1.29, 1.82) is 0 Å². The van der Waals surface area contributed by atoms with E-state index in [4.69, 9.17) is 0 Å². The van der Waals surface area contributed by atoms with Gasteiger partial charge in [-0.2, -0.15) is 0 Å². The predicted octanol–water partition coefficient (Wildman–Crippen LogP) is 7.38. The Hall–Kier alpha value is -2.58. The zero-order chi connectivity index (χ0) is 23.8. The minimum atomic E-state index is 0.537. The van der Waals surface area contributed by atoms with Crippen molar-refractivity contribution in [2.75, 3.05) is 18.0 Å². The lowest BCUT2D eigenvalue weighted by atomic mass is 10.0. The third kappa shape index (κ3) is 6.51. The summed E-state index contributed by atoms with van der Waals surface area (Å²) in [6.45, 7) is 10.5. The molecule has 3 aromatic rings. The first-order valence-electron chi connectivity index (χ1n) is 13.3. The van der Waals surface area contributed by atoms with Crippen molar-refractivity contribution in [2.24, 2.45) is 5.92 Å². The molecule has 0 radical (unpaired) electrons. The molecule has 3 aromatic carbocycles. The fraction of sp³-hybridized carbons (Fsp3) is 0.438. The van der Waals surface area contributed by atoms with E-state index in [0.29, 0.717) is 12.1 Å². The highest BCUT2D eigenvalue weighted by Crippen LogP contribution is 2.29. The Morgan fingerprint density at radius 2 is 1.35 bits per heavy atom. The van der Waals surface area contributed by atoms with Crippen molar-refractivity contribution in [1.82, 2.24) is 4.90 Å². The Kier molecular flexibility index (Phi) is 8.82. The zero-order valence-corrected chi connectivity index (χ0v) is 21.4. The quantitative estimate of drug-likeness (QED) is 0.282. The summed E-state index contributed by atoms with van der Waals surface area (Å²) < 4.78 is 0. The van der Waals surface area contributed by atoms with E-state index in [9.17, 15) is 0 Å². The molecule has 0 amide bonds. The van der Waals surface area contributed by atoms with Crippen LogP contribution in [0.5, 0.6) is 0 Å². The summed E-state index contributed by atoms with van der Waals surface area (Å²) in [7, 11) is 0. The minimum Gasteiger partial charge on any atom is -0.368 e. The highest BCUT2D eigenvalue weighted by molar-refractivity contribution is 5.49. The van der Waals surface area contributed by atoms with Crippen molar-refractivity contribution in [3.63, 3.8) is 0 Å². The second kappa shape index (κ2) is 12.2. The minimum absolute atomic E-state index is 0.537. The molecule has 1 aliphatic rings. The Morgan fingerprint density at radius 3 is 1.97 bits per heavy atom. The van der Waals surface area contributed by atoms with Crippen molar-refractivity contribution < 1.29 is 0 Å². The van der Waals surface area contributed by atoms with Crippen molar-refractivity contribution >= 4 is 5.69 Å². The maximum Gasteiger partial charge on any atom is 0.0370 e. The van der Waals surface area contributed by atoms with Gasteiger partial charge in [-0.25, -0.2) is 0 Å². The molecule has 2 atom stereocenters. The van der Waals surface area contributed by atoms with E-state index in [1.165, 1.54) is 48.2 Å². The SMILES string of the molecule is CCCC(C)CN(Cc1ccccc1)C(C)CCN(c1ccccc1)C1Cc2ccccc2C1. The summed E-state index contributed by atoms with van der Waals surface area (Å²) >= 11 is 0. The van der Waals surface area contributed by atoms with Gasteiger partial charge in [0.2, 0.25) is 0 Å². The number of hydrogen-bond donors (Lipinski definition) is 0. The number of rotatable bonds is 12. The monoisotopic (exact) mass is 454 g/mol. The van der Waals surface area contributed by atoms with Crippen molar-refractivity contribution in [3.05, 3.63) is 102 Å². The Morgan fingerprint density at radius 1 is 0.765 bits per heavy atom. The van der Waals surface area contributed by atoms with Gasteiger partial charge in [0.25, 0.3) is 0 Å². The molecule has 2 heteroatoms. The van der Waals surface area contributed by atoms with Crippen LogP contribution in [0, 0.1) is 5.92 Å². The van der Waals surface area contributed by atoms with E-state index in [0.717, 1.165) is 31.8 Å². The number of hydrogen-bond acceptors (Lipinski definition) is 2. The summed E-state index contributed by atoms with van der Waals surface area (Å²) in [6.07, 6.45) is 6.04. The molecule has 4 rings (SSSR count). The molecule has 0 bridgehead atoms. The van der Waals surface area contributed by atoms with Crippen molar-refractivity contribution in [2.45, 2.75) is 71.5 Å². The highest BCUT2D eigenvalue weighted by atomic mass is 15.2. The first kappa shape index (κ1) is 24.5. The van der Waals surface area contributed by atoms with Gasteiger partial charge in [-0.1, -0.05) is 93.1 Å². The Labute approximate surface area is 207 Å². The second-order valence-corrected chi connectivity index (χ2v) is 10.3. The van der Waals surface area contributed by atoms with Gasteiger partial charge >= 0.3 is 0 Å². The number of para-hydroxylation sites is 1. The molecule has 34 heavy (non-hydrogen) atoms. The molecule has 180 valence electrons. The smallest absolute Gasteiger partial charge is 0.0370 e. The third-order valence-corrected chi connectivity index (χ3v) is 7.53. The normalized spacial score (nSPS) is 15.3. The lowest BCUT2D eigenvalue weighted by Gasteiger charge is -2.36. The van der Waals surface area contributed by atoms with Crippen LogP contribution in [0.25, 0.3) is 0 Å². The van der Waals surface area contributed by atoms with Gasteiger partial charge in [0.15, 0.2) is 0 Å². The number of fused-ring (bicyclic) bond motifs is 1. The zero-order valence-electron chi connectivity index (χ0n) is 21.4. The molecule has 0 saturated carbocycles. The van der Waals surface area contributed by atoms with Crippen LogP contribution in [-0.4, -0.2) is 30.1 Å². The highest BCUT2D eigenvalue weighted by Gasteiger charge is 2.27. The Bertz CT molecular complexity index is 959. The van der Waals surface area contributed by atoms with Crippen LogP contribution in [-0.2, 0) is 19.4 Å². The van der Waals surface area contributed by atoms with Gasteiger partial charge in [0, 0.05) is 37.4 Å². The molecular formula is C32H42N2. The maximum atomic E-state index is 2.72. The van der Waals surface area contributed by atoms with Crippen LogP contribution in [0.15, 0.2) is 84.9 Å². The van der Waals surface area contributed by atoms with Crippen molar-refractivity contribution in [3.8, 4) is 0 Å².